The van der Waals surface area contributed by atoms with Crippen molar-refractivity contribution in [2.75, 3.05) is 11.9 Å². The number of carbonyl (C=O) groups is 2. The van der Waals surface area contributed by atoms with Crippen molar-refractivity contribution in [2.24, 2.45) is 0 Å². The number of hydrogen-bond donors (Lipinski definition) is 2. The van der Waals surface area contributed by atoms with E-state index in [4.69, 9.17) is 9.84 Å². The summed E-state index contributed by atoms with van der Waals surface area (Å²) in [7, 11) is 0. The second-order valence-corrected chi connectivity index (χ2v) is 5.38. The maximum Gasteiger partial charge on any atom is 0.335 e. The zero-order valence-corrected chi connectivity index (χ0v) is 13.6. The molecule has 0 heterocycles. The van der Waals surface area contributed by atoms with E-state index in [-0.39, 0.29) is 17.9 Å². The normalized spacial score (nSPS) is 10.2. The Morgan fingerprint density at radius 1 is 1.08 bits per heavy atom. The zero-order chi connectivity index (χ0) is 17.4. The first-order valence-electron chi connectivity index (χ1n) is 7.94. The Kier molecular flexibility index (Phi) is 6.37. The minimum Gasteiger partial charge on any atom is -0.494 e. The molecule has 1 amide bonds. The second kappa shape index (κ2) is 8.72. The topological polar surface area (TPSA) is 75.6 Å². The summed E-state index contributed by atoms with van der Waals surface area (Å²) >= 11 is 0. The number of rotatable bonds is 8. The predicted octanol–water partition coefficient (Wildman–Crippen LogP) is 3.74. The lowest BCUT2D eigenvalue weighted by Crippen LogP contribution is -2.13. The molecular weight excluding hydrogens is 306 g/mol. The van der Waals surface area contributed by atoms with Gasteiger partial charge in [-0.1, -0.05) is 25.1 Å². The van der Waals surface area contributed by atoms with Gasteiger partial charge < -0.3 is 15.2 Å². The van der Waals surface area contributed by atoms with Gasteiger partial charge >= 0.3 is 5.97 Å². The van der Waals surface area contributed by atoms with Gasteiger partial charge in [-0.25, -0.2) is 4.79 Å². The van der Waals surface area contributed by atoms with Crippen LogP contribution in [0.15, 0.2) is 48.5 Å². The SMILES string of the molecule is CCCOc1ccc(NC(=O)CCc2ccccc2C(=O)O)cc1. The molecule has 2 aromatic rings. The Hall–Kier alpha value is -2.82. The van der Waals surface area contributed by atoms with Gasteiger partial charge in [-0.3, -0.25) is 4.79 Å². The number of carboxylic acid groups (broad SMARTS) is 1. The number of hydrogen-bond acceptors (Lipinski definition) is 3. The summed E-state index contributed by atoms with van der Waals surface area (Å²) in [4.78, 5) is 23.2. The Balaban J connectivity index is 1.88. The van der Waals surface area contributed by atoms with Crippen molar-refractivity contribution in [3.05, 3.63) is 59.7 Å². The van der Waals surface area contributed by atoms with Gasteiger partial charge in [-0.05, 0) is 48.7 Å². The maximum absolute atomic E-state index is 12.0. The van der Waals surface area contributed by atoms with Crippen LogP contribution >= 0.6 is 0 Å². The monoisotopic (exact) mass is 327 g/mol. The smallest absolute Gasteiger partial charge is 0.335 e. The summed E-state index contributed by atoms with van der Waals surface area (Å²) in [6.07, 6.45) is 1.54. The molecular formula is C19H21NO4. The first kappa shape index (κ1) is 17.5. The van der Waals surface area contributed by atoms with Gasteiger partial charge in [-0.2, -0.15) is 0 Å². The Morgan fingerprint density at radius 2 is 1.79 bits per heavy atom. The zero-order valence-electron chi connectivity index (χ0n) is 13.6. The predicted molar refractivity (Wildman–Crippen MR) is 92.6 cm³/mol. The molecule has 5 nitrogen and oxygen atoms in total. The van der Waals surface area contributed by atoms with Crippen molar-refractivity contribution < 1.29 is 19.4 Å². The standard InChI is InChI=1S/C19H21NO4/c1-2-13-24-16-10-8-15(9-11-16)20-18(21)12-7-14-5-3-4-6-17(14)19(22)23/h3-6,8-11H,2,7,12-13H2,1H3,(H,20,21)(H,22,23). The molecule has 2 aromatic carbocycles. The molecule has 0 aliphatic heterocycles. The van der Waals surface area contributed by atoms with Gasteiger partial charge in [0.05, 0.1) is 12.2 Å². The van der Waals surface area contributed by atoms with E-state index < -0.39 is 5.97 Å². The van der Waals surface area contributed by atoms with Gasteiger partial charge in [0, 0.05) is 12.1 Å². The van der Waals surface area contributed by atoms with Gasteiger partial charge in [0.2, 0.25) is 5.91 Å². The number of amides is 1. The molecule has 0 saturated heterocycles. The summed E-state index contributed by atoms with van der Waals surface area (Å²) in [6.45, 7) is 2.70. The molecule has 0 spiro atoms. The molecule has 126 valence electrons. The van der Waals surface area contributed by atoms with E-state index in [9.17, 15) is 9.59 Å². The van der Waals surface area contributed by atoms with Gasteiger partial charge in [0.1, 0.15) is 5.75 Å². The molecule has 0 bridgehead atoms. The highest BCUT2D eigenvalue weighted by atomic mass is 16.5. The van der Waals surface area contributed by atoms with Crippen LogP contribution in [0, 0.1) is 0 Å². The highest BCUT2D eigenvalue weighted by molar-refractivity contribution is 5.92. The van der Waals surface area contributed by atoms with Gasteiger partial charge in [0.15, 0.2) is 0 Å². The van der Waals surface area contributed by atoms with Crippen molar-refractivity contribution in [2.45, 2.75) is 26.2 Å². The average Bonchev–Trinajstić information content (AvgIpc) is 2.59. The van der Waals surface area contributed by atoms with E-state index in [0.717, 1.165) is 12.2 Å². The van der Waals surface area contributed by atoms with Crippen molar-refractivity contribution in [1.29, 1.82) is 0 Å². The summed E-state index contributed by atoms with van der Waals surface area (Å²) in [5.41, 5.74) is 1.58. The number of aryl methyl sites for hydroxylation is 1. The Labute approximate surface area is 141 Å². The number of carbonyl (C=O) groups excluding carboxylic acids is 1. The summed E-state index contributed by atoms with van der Waals surface area (Å²) in [6, 6.07) is 13.9. The molecule has 0 aromatic heterocycles. The minimum absolute atomic E-state index is 0.155. The van der Waals surface area contributed by atoms with Crippen LogP contribution in [0.25, 0.3) is 0 Å². The van der Waals surface area contributed by atoms with Crippen LogP contribution < -0.4 is 10.1 Å². The largest absolute Gasteiger partial charge is 0.494 e. The fraction of sp³-hybridized carbons (Fsp3) is 0.263. The number of carboxylic acids is 1. The third kappa shape index (κ3) is 5.12. The first-order valence-corrected chi connectivity index (χ1v) is 7.94. The number of benzene rings is 2. The van der Waals surface area contributed by atoms with Crippen molar-refractivity contribution in [3.8, 4) is 5.75 Å². The molecule has 0 aliphatic carbocycles. The van der Waals surface area contributed by atoms with Crippen molar-refractivity contribution in [3.63, 3.8) is 0 Å². The van der Waals surface area contributed by atoms with Crippen LogP contribution in [0.3, 0.4) is 0 Å². The summed E-state index contributed by atoms with van der Waals surface area (Å²) in [5.74, 6) is -0.365. The molecule has 0 aliphatic rings. The highest BCUT2D eigenvalue weighted by Gasteiger charge is 2.10. The molecule has 0 atom stereocenters. The van der Waals surface area contributed by atoms with Crippen LogP contribution in [-0.2, 0) is 11.2 Å². The van der Waals surface area contributed by atoms with Crippen molar-refractivity contribution >= 4 is 17.6 Å². The molecule has 2 rings (SSSR count). The fourth-order valence-corrected chi connectivity index (χ4v) is 2.27. The van der Waals surface area contributed by atoms with Crippen LogP contribution in [0.2, 0.25) is 0 Å². The van der Waals surface area contributed by atoms with Gasteiger partial charge in [-0.15, -0.1) is 0 Å². The third-order valence-electron chi connectivity index (χ3n) is 3.48. The fourth-order valence-electron chi connectivity index (χ4n) is 2.27. The average molecular weight is 327 g/mol. The summed E-state index contributed by atoms with van der Waals surface area (Å²) < 4.78 is 5.49. The molecule has 0 saturated carbocycles. The van der Waals surface area contributed by atoms with E-state index >= 15 is 0 Å². The second-order valence-electron chi connectivity index (χ2n) is 5.38. The minimum atomic E-state index is -0.978. The molecule has 2 N–H and O–H groups in total. The molecule has 0 fully saturated rings. The number of anilines is 1. The Bertz CT molecular complexity index is 695. The number of aromatic carboxylic acids is 1. The molecule has 24 heavy (non-hydrogen) atoms. The van der Waals surface area contributed by atoms with E-state index in [1.807, 2.05) is 19.1 Å². The van der Waals surface area contributed by atoms with Gasteiger partial charge in [0.25, 0.3) is 0 Å². The van der Waals surface area contributed by atoms with Crippen LogP contribution in [0.5, 0.6) is 5.75 Å². The highest BCUT2D eigenvalue weighted by Crippen LogP contribution is 2.17. The summed E-state index contributed by atoms with van der Waals surface area (Å²) in [5, 5.41) is 11.9. The molecule has 0 unspecified atom stereocenters. The molecule has 0 radical (unpaired) electrons. The lowest BCUT2D eigenvalue weighted by atomic mass is 10.0. The van der Waals surface area contributed by atoms with E-state index in [1.54, 1.807) is 36.4 Å². The van der Waals surface area contributed by atoms with Crippen molar-refractivity contribution in [1.82, 2.24) is 0 Å². The van der Waals surface area contributed by atoms with Crippen LogP contribution in [0.4, 0.5) is 5.69 Å². The lowest BCUT2D eigenvalue weighted by molar-refractivity contribution is -0.116. The van der Waals surface area contributed by atoms with Crippen LogP contribution in [0.1, 0.15) is 35.7 Å². The lowest BCUT2D eigenvalue weighted by Gasteiger charge is -2.08. The maximum atomic E-state index is 12.0. The molecule has 5 heteroatoms. The van der Waals surface area contributed by atoms with E-state index in [1.165, 1.54) is 0 Å². The van der Waals surface area contributed by atoms with E-state index in [0.29, 0.717) is 24.3 Å². The number of ether oxygens (including phenoxy) is 1. The number of nitrogens with one attached hydrogen (secondary N) is 1. The first-order chi connectivity index (χ1) is 11.6. The quantitative estimate of drug-likeness (QED) is 0.774. The van der Waals surface area contributed by atoms with E-state index in [2.05, 4.69) is 5.32 Å². The van der Waals surface area contributed by atoms with Crippen LogP contribution in [-0.4, -0.2) is 23.6 Å². The Morgan fingerprint density at radius 3 is 2.46 bits per heavy atom. The third-order valence-corrected chi connectivity index (χ3v) is 3.48.